The Labute approximate surface area is 540 Å². The average molecular weight is 1190 g/mol. The number of halogens is 1. The van der Waals surface area contributed by atoms with Crippen LogP contribution in [-0.2, 0) is 43.5 Å². The van der Waals surface area contributed by atoms with Crippen molar-refractivity contribution >= 4 is 40.4 Å². The third kappa shape index (κ3) is 32.4. The van der Waals surface area contributed by atoms with E-state index < -0.39 is 4.92 Å². The molecule has 0 unspecified atom stereocenters. The number of morpholine rings is 2. The van der Waals surface area contributed by atoms with Gasteiger partial charge in [0.1, 0.15) is 5.78 Å². The fourth-order valence-electron chi connectivity index (χ4n) is 7.18. The molecule has 0 bridgehead atoms. The van der Waals surface area contributed by atoms with Crippen LogP contribution in [0.15, 0.2) is 49.1 Å². The first-order valence-corrected chi connectivity index (χ1v) is 25.6. The second-order valence-electron chi connectivity index (χ2n) is 17.7. The van der Waals surface area contributed by atoms with Crippen molar-refractivity contribution < 1.29 is 150 Å². The number of nitrogens with one attached hydrogen (secondary N) is 1. The molecule has 0 aliphatic carbocycles. The van der Waals surface area contributed by atoms with Gasteiger partial charge in [-0.25, -0.2) is 12.1 Å². The number of hydrogen-bond donors (Lipinski definition) is 1. The van der Waals surface area contributed by atoms with Crippen LogP contribution >= 0.6 is 11.6 Å². The second kappa shape index (κ2) is 45.8. The van der Waals surface area contributed by atoms with Crippen LogP contribution in [0.1, 0.15) is 146 Å². The summed E-state index contributed by atoms with van der Waals surface area (Å²) in [6, 6.07) is 9.42. The number of rotatable bonds is 20. The van der Waals surface area contributed by atoms with Gasteiger partial charge in [0.05, 0.1) is 54.6 Å². The summed E-state index contributed by atoms with van der Waals surface area (Å²) in [6.07, 6.45) is 14.4. The van der Waals surface area contributed by atoms with Crippen molar-refractivity contribution in [3.05, 3.63) is 105 Å². The van der Waals surface area contributed by atoms with E-state index in [0.29, 0.717) is 41.9 Å². The molecule has 0 atom stereocenters. The summed E-state index contributed by atoms with van der Waals surface area (Å²) < 4.78 is 16.0. The molecule has 17 nitrogen and oxygen atoms in total. The van der Waals surface area contributed by atoms with Crippen LogP contribution in [0, 0.1) is 16.2 Å². The zero-order valence-electron chi connectivity index (χ0n) is 47.0. The van der Waals surface area contributed by atoms with Gasteiger partial charge in [-0.1, -0.05) is 60.1 Å². The molecular formula is C53H88ClN9O8Rb2. The molecule has 2 aliphatic heterocycles. The van der Waals surface area contributed by atoms with Crippen LogP contribution in [0.5, 0.6) is 0 Å². The van der Waals surface area contributed by atoms with Gasteiger partial charge in [-0.05, 0) is 89.7 Å². The first-order valence-electron chi connectivity index (χ1n) is 25.1. The molecule has 0 radical (unpaired) electrons. The van der Waals surface area contributed by atoms with Gasteiger partial charge in [-0.15, -0.1) is 17.8 Å². The number of carbonyl (C=O) groups is 4. The van der Waals surface area contributed by atoms with Crippen LogP contribution in [0.2, 0.25) is 0 Å². The van der Waals surface area contributed by atoms with E-state index in [1.807, 2.05) is 37.8 Å². The van der Waals surface area contributed by atoms with E-state index in [2.05, 4.69) is 74.5 Å². The van der Waals surface area contributed by atoms with Gasteiger partial charge in [-0.2, -0.15) is 0 Å². The monoisotopic (exact) mass is 1180 g/mol. The first kappa shape index (κ1) is 76.1. The normalized spacial score (nSPS) is 12.9. The van der Waals surface area contributed by atoms with E-state index in [0.717, 1.165) is 96.4 Å². The maximum absolute atomic E-state index is 12.5. The van der Waals surface area contributed by atoms with Crippen molar-refractivity contribution in [1.29, 1.82) is 0 Å². The second-order valence-corrected chi connectivity index (χ2v) is 18.1. The van der Waals surface area contributed by atoms with E-state index >= 15 is 0 Å². The molecule has 2 aliphatic rings. The Hall–Kier alpha value is -1.14. The van der Waals surface area contributed by atoms with Crippen molar-refractivity contribution in [1.82, 2.24) is 33.4 Å². The Balaban J connectivity index is -0.00000101. The van der Waals surface area contributed by atoms with E-state index in [1.54, 1.807) is 40.7 Å². The van der Waals surface area contributed by atoms with E-state index in [9.17, 15) is 29.3 Å². The summed E-state index contributed by atoms with van der Waals surface area (Å²) in [4.78, 5) is 69.4. The predicted octanol–water partition coefficient (Wildman–Crippen LogP) is 4.02. The zero-order valence-corrected chi connectivity index (χ0v) is 57.6. The Morgan fingerprint density at radius 2 is 1.12 bits per heavy atom. The number of nitro groups is 1. The van der Waals surface area contributed by atoms with Crippen molar-refractivity contribution in [2.45, 2.75) is 106 Å². The summed E-state index contributed by atoms with van der Waals surface area (Å²) in [7, 11) is 9.65. The molecule has 0 amide bonds. The van der Waals surface area contributed by atoms with Gasteiger partial charge in [0.15, 0.2) is 17.3 Å². The van der Waals surface area contributed by atoms with E-state index in [-0.39, 0.29) is 163 Å². The third-order valence-corrected chi connectivity index (χ3v) is 11.0. The predicted molar refractivity (Wildman–Crippen MR) is 287 cm³/mol. The van der Waals surface area contributed by atoms with E-state index in [1.165, 1.54) is 38.1 Å². The average Bonchev–Trinajstić information content (AvgIpc) is 4.15. The minimum absolute atomic E-state index is 0. The Bertz CT molecular complexity index is 2090. The number of nitrogens with two attached hydrogens (primary N) is 1. The van der Waals surface area contributed by atoms with Crippen LogP contribution in [0.4, 0.5) is 5.69 Å². The Morgan fingerprint density at radius 3 is 1.45 bits per heavy atom. The van der Waals surface area contributed by atoms with Gasteiger partial charge in [0.25, 0.3) is 5.69 Å². The molecule has 402 valence electrons. The SMILES string of the molecule is CCC.CCC.CCCCl.CCCN(C)C.Cn1cc(CC(=O)c2c[c-]cn2C)cc1C(=O)CCCN1CCOCC1.Cn1cc(CC(=O)c2cc([N+](=O)[O-])c[nH]2)cc1C(=O)CCCN1CCOCC1.[NH2-].[Rb+].[Rb+]. The van der Waals surface area contributed by atoms with Gasteiger partial charge >= 0.3 is 116 Å². The topological polar surface area (TPSA) is 204 Å². The maximum Gasteiger partial charge on any atom is 1.00 e. The molecule has 4 aromatic heterocycles. The number of Topliss-reactive ketones (excluding diaryl/α,β-unsaturated/α-hetero) is 4. The molecule has 6 heterocycles. The Morgan fingerprint density at radius 1 is 0.699 bits per heavy atom. The molecule has 2 saturated heterocycles. The van der Waals surface area contributed by atoms with Crippen LogP contribution in [0.25, 0.3) is 6.15 Å². The van der Waals surface area contributed by atoms with Gasteiger partial charge in [0.2, 0.25) is 0 Å². The summed E-state index contributed by atoms with van der Waals surface area (Å²) in [6.45, 7) is 22.5. The number of H-pyrrole nitrogens is 1. The summed E-state index contributed by atoms with van der Waals surface area (Å²) >= 11 is 5.19. The van der Waals surface area contributed by atoms with Crippen molar-refractivity contribution in [2.24, 2.45) is 21.1 Å². The number of aromatic nitrogens is 4. The molecule has 0 saturated carbocycles. The number of aromatic amines is 1. The maximum atomic E-state index is 12.5. The van der Waals surface area contributed by atoms with Crippen molar-refractivity contribution in [2.75, 3.05) is 92.2 Å². The zero-order chi connectivity index (χ0) is 52.4. The fraction of sp³-hybridized carbons (Fsp3) is 0.623. The number of alkyl halides is 1. The van der Waals surface area contributed by atoms with Crippen molar-refractivity contribution in [3.63, 3.8) is 0 Å². The Kier molecular flexibility index (Phi) is 47.8. The number of ketones is 4. The molecule has 20 heteroatoms. The third-order valence-electron chi connectivity index (χ3n) is 10.6. The summed E-state index contributed by atoms with van der Waals surface area (Å²) in [5.41, 5.74) is 3.50. The molecule has 3 N–H and O–H groups in total. The number of aryl methyl sites for hydroxylation is 3. The quantitative estimate of drug-likeness (QED) is 0.0441. The number of hydrogen-bond acceptors (Lipinski definition) is 11. The molecule has 6 rings (SSSR count). The smallest absolute Gasteiger partial charge is 0.693 e. The van der Waals surface area contributed by atoms with Crippen LogP contribution in [-0.4, -0.2) is 154 Å². The summed E-state index contributed by atoms with van der Waals surface area (Å²) in [5, 5.41) is 10.7. The van der Waals surface area contributed by atoms with Gasteiger partial charge < -0.3 is 44.0 Å². The van der Waals surface area contributed by atoms with Crippen LogP contribution in [0.3, 0.4) is 0 Å². The van der Waals surface area contributed by atoms with Gasteiger partial charge in [0, 0.05) is 90.3 Å². The van der Waals surface area contributed by atoms with Gasteiger partial charge in [-0.3, -0.25) is 34.3 Å². The standard InChI is InChI=1S/C20H26N3O3.C19H24N4O5.C5H13N.C3H7Cl.2C3H8.H2N.2Rb/c1-21-7-3-5-17(21)20(25)14-16-13-18(22(2)15-16)19(24)6-4-8-23-9-11-26-12-10-23;1-21-13-14(10-19(25)16-11-15(12-20-16)23(26)27)9-17(21)18(24)3-2-4-22-5-7-28-8-6-22;1-4-5-6(2)3;1-2-3-4;2*1-3-2;;;/h5,7,13,15H,4,6,8-12,14H2,1-2H3;9,11-13,20H,2-8,10H2,1H3;4-5H2,1-3H3;2-3H2,1H3;2*3H2,1-2H3;1H2;;/q-1;;;;;;-1;2*+1. The number of nitrogens with zero attached hydrogens (tertiary/aromatic N) is 7. The minimum atomic E-state index is -0.552. The van der Waals surface area contributed by atoms with Crippen LogP contribution < -0.4 is 116 Å². The number of ether oxygens (including phenoxy) is 2. The summed E-state index contributed by atoms with van der Waals surface area (Å²) in [5.74, 6) is 0.743. The molecule has 73 heavy (non-hydrogen) atoms. The molecule has 0 aromatic carbocycles. The largest absolute Gasteiger partial charge is 1.00 e. The fourth-order valence-corrected chi connectivity index (χ4v) is 7.18. The molecular weight excluding hydrogens is 1100 g/mol. The first-order chi connectivity index (χ1) is 33.5. The molecule has 2 fully saturated rings. The number of carbonyl (C=O) groups excluding carboxylic acids is 4. The minimum Gasteiger partial charge on any atom is -0.693 e. The molecule has 0 spiro atoms. The molecule has 4 aromatic rings. The van der Waals surface area contributed by atoms with Crippen molar-refractivity contribution in [3.8, 4) is 0 Å². The van der Waals surface area contributed by atoms with E-state index in [4.69, 9.17) is 21.1 Å².